The van der Waals surface area contributed by atoms with Gasteiger partial charge >= 0.3 is 6.09 Å². The molecule has 41 heavy (non-hydrogen) atoms. The summed E-state index contributed by atoms with van der Waals surface area (Å²) in [6, 6.07) is -0.180. The van der Waals surface area contributed by atoms with Gasteiger partial charge in [-0.3, -0.25) is 14.4 Å². The summed E-state index contributed by atoms with van der Waals surface area (Å²) >= 11 is 0. The van der Waals surface area contributed by atoms with Gasteiger partial charge in [0.25, 0.3) is 5.92 Å². The summed E-state index contributed by atoms with van der Waals surface area (Å²) in [4.78, 5) is 44.3. The number of alkyl halides is 2. The van der Waals surface area contributed by atoms with E-state index in [1.165, 1.54) is 6.92 Å². The molecule has 0 aromatic heterocycles. The Hall–Kier alpha value is -2.50. The third-order valence-electron chi connectivity index (χ3n) is 4.44. The number of halogens is 2. The van der Waals surface area contributed by atoms with E-state index in [1.54, 1.807) is 34.6 Å². The predicted octanol–water partition coefficient (Wildman–Crippen LogP) is 4.88. The Kier molecular flexibility index (Phi) is 28.0. The molecule has 12 heteroatoms. The molecule has 1 aliphatic heterocycles. The highest BCUT2D eigenvalue weighted by Gasteiger charge is 2.44. The van der Waals surface area contributed by atoms with Crippen LogP contribution in [0.4, 0.5) is 13.6 Å². The van der Waals surface area contributed by atoms with Crippen LogP contribution in [-0.2, 0) is 19.1 Å². The molecule has 0 aromatic rings. The zero-order chi connectivity index (χ0) is 33.4. The molecule has 0 aromatic carbocycles. The van der Waals surface area contributed by atoms with Crippen molar-refractivity contribution in [2.45, 2.75) is 139 Å². The van der Waals surface area contributed by atoms with Crippen LogP contribution in [0.5, 0.6) is 0 Å². The lowest BCUT2D eigenvalue weighted by atomic mass is 10.2. The first-order chi connectivity index (χ1) is 18.7. The highest BCUT2D eigenvalue weighted by molar-refractivity contribution is 5.83. The molecule has 246 valence electrons. The molecule has 0 spiro atoms. The summed E-state index contributed by atoms with van der Waals surface area (Å²) in [5.74, 6) is -2.86. The average Bonchev–Trinajstić information content (AvgIpc) is 3.11. The molecular weight excluding hydrogens is 538 g/mol. The maximum Gasteiger partial charge on any atom is 0.408 e. The quantitative estimate of drug-likeness (QED) is 0.294. The van der Waals surface area contributed by atoms with Crippen LogP contribution in [0.15, 0.2) is 0 Å². The van der Waals surface area contributed by atoms with Crippen molar-refractivity contribution in [1.29, 1.82) is 0 Å². The number of likely N-dealkylation sites (N-methyl/N-ethyl adjacent to an activating group) is 1. The van der Waals surface area contributed by atoms with E-state index in [-0.39, 0.29) is 18.9 Å². The number of hydrogen-bond acceptors (Lipinski definition) is 6. The normalized spacial score (nSPS) is 16.3. The van der Waals surface area contributed by atoms with Gasteiger partial charge in [-0.05, 0) is 60.8 Å². The minimum atomic E-state index is -2.85. The minimum Gasteiger partial charge on any atom is -0.444 e. The number of aliphatic hydroxyl groups is 1. The van der Waals surface area contributed by atoms with Crippen molar-refractivity contribution in [1.82, 2.24) is 20.9 Å². The largest absolute Gasteiger partial charge is 0.444 e. The minimum absolute atomic E-state index is 0.312. The maximum absolute atomic E-state index is 13.1. The number of ether oxygens (including phenoxy) is 1. The van der Waals surface area contributed by atoms with Gasteiger partial charge in [0.2, 0.25) is 18.2 Å². The van der Waals surface area contributed by atoms with E-state index >= 15 is 0 Å². The molecule has 4 N–H and O–H groups in total. The summed E-state index contributed by atoms with van der Waals surface area (Å²) in [5.41, 5.74) is -0.666. The molecule has 3 atom stereocenters. The van der Waals surface area contributed by atoms with Gasteiger partial charge in [-0.25, -0.2) is 13.6 Å². The first kappa shape index (κ1) is 45.5. The van der Waals surface area contributed by atoms with E-state index in [0.29, 0.717) is 12.6 Å². The molecule has 0 bridgehead atoms. The average molecular weight is 599 g/mol. The van der Waals surface area contributed by atoms with E-state index in [4.69, 9.17) is 9.84 Å². The third kappa shape index (κ3) is 31.9. The molecular formula is C29H60F2N4O6. The third-order valence-corrected chi connectivity index (χ3v) is 4.44. The van der Waals surface area contributed by atoms with Gasteiger partial charge in [-0.2, -0.15) is 0 Å². The molecule has 3 unspecified atom stereocenters. The van der Waals surface area contributed by atoms with Gasteiger partial charge < -0.3 is 30.7 Å². The first-order valence-corrected chi connectivity index (χ1v) is 14.5. The number of likely N-dealkylation sites (tertiary alicyclic amines) is 1. The zero-order valence-electron chi connectivity index (χ0n) is 27.8. The van der Waals surface area contributed by atoms with Crippen molar-refractivity contribution >= 4 is 24.3 Å². The smallest absolute Gasteiger partial charge is 0.408 e. The van der Waals surface area contributed by atoms with Crippen LogP contribution in [-0.4, -0.2) is 83.7 Å². The molecule has 0 aliphatic carbocycles. The molecule has 1 fully saturated rings. The number of nitrogens with one attached hydrogen (secondary N) is 3. The second-order valence-electron chi connectivity index (χ2n) is 11.1. The van der Waals surface area contributed by atoms with Crippen molar-refractivity contribution in [3.8, 4) is 0 Å². The van der Waals surface area contributed by atoms with Crippen molar-refractivity contribution in [2.24, 2.45) is 5.92 Å². The van der Waals surface area contributed by atoms with Gasteiger partial charge in [-0.15, -0.1) is 0 Å². The Bertz CT molecular complexity index is 699. The lowest BCUT2D eigenvalue weighted by Crippen LogP contribution is -2.43. The van der Waals surface area contributed by atoms with E-state index in [1.807, 2.05) is 20.8 Å². The molecule has 1 aliphatic rings. The van der Waals surface area contributed by atoms with Crippen molar-refractivity contribution < 1.29 is 37.8 Å². The van der Waals surface area contributed by atoms with Crippen LogP contribution in [0.1, 0.15) is 109 Å². The second-order valence-corrected chi connectivity index (χ2v) is 11.1. The fraction of sp³-hybridized carbons (Fsp3) is 0.862. The highest BCUT2D eigenvalue weighted by Crippen LogP contribution is 2.31. The maximum atomic E-state index is 13.1. The number of amides is 4. The van der Waals surface area contributed by atoms with Gasteiger partial charge in [0.15, 0.2) is 0 Å². The summed E-state index contributed by atoms with van der Waals surface area (Å²) in [5, 5.41) is 15.9. The molecule has 4 amide bonds. The monoisotopic (exact) mass is 598 g/mol. The van der Waals surface area contributed by atoms with Crippen LogP contribution in [0, 0.1) is 5.92 Å². The van der Waals surface area contributed by atoms with E-state index < -0.39 is 42.2 Å². The lowest BCUT2D eigenvalue weighted by molar-refractivity contribution is -0.132. The summed E-state index contributed by atoms with van der Waals surface area (Å²) in [6.07, 6.45) is 0.987. The standard InChI is InChI=1S/C12H20F2N2O3.C6H13NO.C5H11NO2.C4H10.C2H6/c1-8-5-12(13,14)7-16(8)9(17)6-15-10(18)19-11(2,3)4;1-3-4-6(2)7-5-8;1-3-6-5(8)4(2)7;1-4(2)3;1-2/h8H,5-7H2,1-4H3,(H,15,18);5-6H,3-4H2,1-2H3,(H,7,8);4,7H,3H2,1-2H3,(H,6,8);4H,1-3H3;1-2H3. The fourth-order valence-corrected chi connectivity index (χ4v) is 2.86. The Morgan fingerprint density at radius 2 is 1.56 bits per heavy atom. The number of nitrogens with zero attached hydrogens (tertiary/aromatic N) is 1. The van der Waals surface area contributed by atoms with Crippen molar-refractivity contribution in [3.63, 3.8) is 0 Å². The highest BCUT2D eigenvalue weighted by atomic mass is 19.3. The van der Waals surface area contributed by atoms with Crippen LogP contribution in [0.3, 0.4) is 0 Å². The molecule has 1 heterocycles. The topological polar surface area (TPSA) is 137 Å². The predicted molar refractivity (Wildman–Crippen MR) is 161 cm³/mol. The number of aliphatic hydroxyl groups excluding tert-OH is 1. The fourth-order valence-electron chi connectivity index (χ4n) is 2.86. The molecule has 10 nitrogen and oxygen atoms in total. The lowest BCUT2D eigenvalue weighted by Gasteiger charge is -2.22. The number of carbonyl (C=O) groups is 4. The molecule has 1 rings (SSSR count). The van der Waals surface area contributed by atoms with Gasteiger partial charge in [0.1, 0.15) is 18.2 Å². The van der Waals surface area contributed by atoms with Crippen LogP contribution in [0.25, 0.3) is 0 Å². The zero-order valence-corrected chi connectivity index (χ0v) is 27.8. The second kappa shape index (κ2) is 25.2. The van der Waals surface area contributed by atoms with Crippen LogP contribution >= 0.6 is 0 Å². The molecule has 0 radical (unpaired) electrons. The SMILES string of the molecule is CC.CC(C)C.CC1CC(F)(F)CN1C(=O)CNC(=O)OC(C)(C)C.CCCC(C)NC=O.CCNC(=O)C(C)O. The molecule has 0 saturated carbocycles. The van der Waals surface area contributed by atoms with Gasteiger partial charge in [0.05, 0.1) is 6.54 Å². The Labute approximate surface area is 247 Å². The number of carbonyl (C=O) groups excluding carboxylic acids is 4. The Morgan fingerprint density at radius 1 is 1.07 bits per heavy atom. The van der Waals surface area contributed by atoms with Gasteiger partial charge in [0, 0.05) is 25.0 Å². The first-order valence-electron chi connectivity index (χ1n) is 14.5. The summed E-state index contributed by atoms with van der Waals surface area (Å²) in [6.45, 7) is 24.1. The summed E-state index contributed by atoms with van der Waals surface area (Å²) < 4.78 is 31.2. The van der Waals surface area contributed by atoms with E-state index in [9.17, 15) is 28.0 Å². The van der Waals surface area contributed by atoms with Crippen molar-refractivity contribution in [2.75, 3.05) is 19.6 Å². The Balaban J connectivity index is -0.000000258. The van der Waals surface area contributed by atoms with Crippen LogP contribution < -0.4 is 16.0 Å². The van der Waals surface area contributed by atoms with Crippen molar-refractivity contribution in [3.05, 3.63) is 0 Å². The van der Waals surface area contributed by atoms with E-state index in [2.05, 4.69) is 43.6 Å². The number of hydrogen-bond donors (Lipinski definition) is 4. The van der Waals surface area contributed by atoms with Crippen LogP contribution in [0.2, 0.25) is 0 Å². The van der Waals surface area contributed by atoms with E-state index in [0.717, 1.165) is 30.1 Å². The Morgan fingerprint density at radius 3 is 1.85 bits per heavy atom. The number of rotatable bonds is 8. The summed E-state index contributed by atoms with van der Waals surface area (Å²) in [7, 11) is 0. The molecule has 1 saturated heterocycles. The number of alkyl carbamates (subject to hydrolysis) is 1. The van der Waals surface area contributed by atoms with Gasteiger partial charge in [-0.1, -0.05) is 48.0 Å².